The van der Waals surface area contributed by atoms with Gasteiger partial charge >= 0.3 is 5.97 Å². The van der Waals surface area contributed by atoms with Crippen molar-refractivity contribution in [1.82, 2.24) is 16.0 Å². The number of nitrogens with one attached hydrogen (secondary N) is 3. The van der Waals surface area contributed by atoms with Crippen LogP contribution in [0.5, 0.6) is 0 Å². The summed E-state index contributed by atoms with van der Waals surface area (Å²) < 4.78 is 0. The summed E-state index contributed by atoms with van der Waals surface area (Å²) in [4.78, 5) is 49.0. The third-order valence-corrected chi connectivity index (χ3v) is 5.33. The number of amides is 3. The van der Waals surface area contributed by atoms with Crippen LogP contribution in [0.15, 0.2) is 0 Å². The lowest BCUT2D eigenvalue weighted by molar-refractivity contribution is -0.143. The fourth-order valence-electron chi connectivity index (χ4n) is 2.66. The van der Waals surface area contributed by atoms with Gasteiger partial charge in [-0.25, -0.2) is 4.79 Å². The quantitative estimate of drug-likeness (QED) is 0.109. The Balaban J connectivity index is 5.32. The van der Waals surface area contributed by atoms with Crippen molar-refractivity contribution in [2.45, 2.75) is 75.9 Å². The Bertz CT molecular complexity index is 621. The van der Waals surface area contributed by atoms with Gasteiger partial charge in [0.05, 0.1) is 12.2 Å². The number of carbonyl (C=O) groups is 4. The van der Waals surface area contributed by atoms with E-state index in [0.29, 0.717) is 25.1 Å². The molecule has 0 aromatic carbocycles. The number of aliphatic hydroxyl groups excluding tert-OH is 2. The molecular formula is C19H37N5O7S. The molecule has 0 radical (unpaired) electrons. The maximum atomic E-state index is 12.8. The van der Waals surface area contributed by atoms with Crippen LogP contribution in [-0.2, 0) is 19.2 Å². The second-order valence-electron chi connectivity index (χ2n) is 7.52. The van der Waals surface area contributed by atoms with E-state index in [2.05, 4.69) is 16.0 Å². The number of rotatable bonds is 16. The summed E-state index contributed by atoms with van der Waals surface area (Å²) >= 11 is 1.43. The molecule has 0 saturated heterocycles. The van der Waals surface area contributed by atoms with Gasteiger partial charge in [-0.15, -0.1) is 0 Å². The van der Waals surface area contributed by atoms with E-state index in [-0.39, 0.29) is 12.8 Å². The summed E-state index contributed by atoms with van der Waals surface area (Å²) in [6.07, 6.45) is 0.740. The first-order valence-electron chi connectivity index (χ1n) is 10.4. The molecule has 0 aliphatic rings. The van der Waals surface area contributed by atoms with Gasteiger partial charge < -0.3 is 42.7 Å². The molecule has 0 heterocycles. The van der Waals surface area contributed by atoms with Crippen molar-refractivity contribution in [3.05, 3.63) is 0 Å². The first kappa shape index (κ1) is 30.1. The highest BCUT2D eigenvalue weighted by atomic mass is 32.2. The molecule has 0 aromatic rings. The molecule has 0 rings (SSSR count). The van der Waals surface area contributed by atoms with Crippen LogP contribution in [0.1, 0.15) is 39.5 Å². The van der Waals surface area contributed by atoms with Crippen molar-refractivity contribution in [3.63, 3.8) is 0 Å². The molecule has 0 aromatic heterocycles. The van der Waals surface area contributed by atoms with Gasteiger partial charge in [0.1, 0.15) is 24.2 Å². The van der Waals surface area contributed by atoms with Crippen molar-refractivity contribution in [3.8, 4) is 0 Å². The van der Waals surface area contributed by atoms with Gasteiger partial charge in [0, 0.05) is 0 Å². The van der Waals surface area contributed by atoms with Gasteiger partial charge in [-0.2, -0.15) is 11.8 Å². The number of aliphatic hydroxyl groups is 2. The maximum Gasteiger partial charge on any atom is 0.326 e. The van der Waals surface area contributed by atoms with Gasteiger partial charge in [0.15, 0.2) is 0 Å². The van der Waals surface area contributed by atoms with Gasteiger partial charge in [0.2, 0.25) is 17.7 Å². The smallest absolute Gasteiger partial charge is 0.326 e. The summed E-state index contributed by atoms with van der Waals surface area (Å²) in [5.74, 6) is -3.12. The predicted molar refractivity (Wildman–Crippen MR) is 121 cm³/mol. The molecule has 12 nitrogen and oxygen atoms in total. The number of carbonyl (C=O) groups excluding carboxylic acids is 3. The molecule has 0 fully saturated rings. The van der Waals surface area contributed by atoms with Crippen LogP contribution in [0, 0.1) is 0 Å². The minimum absolute atomic E-state index is 0.141. The Morgan fingerprint density at radius 3 is 1.94 bits per heavy atom. The van der Waals surface area contributed by atoms with E-state index in [1.54, 1.807) is 6.26 Å². The fraction of sp³-hybridized carbons (Fsp3) is 0.789. The Hall–Kier alpha value is -1.93. The van der Waals surface area contributed by atoms with Crippen LogP contribution in [0.25, 0.3) is 0 Å². The lowest BCUT2D eigenvalue weighted by Gasteiger charge is -2.26. The predicted octanol–water partition coefficient (Wildman–Crippen LogP) is -2.50. The Morgan fingerprint density at radius 1 is 0.875 bits per heavy atom. The molecule has 0 spiro atoms. The number of carboxylic acid groups (broad SMARTS) is 1. The van der Waals surface area contributed by atoms with E-state index in [1.165, 1.54) is 25.6 Å². The van der Waals surface area contributed by atoms with Gasteiger partial charge in [-0.05, 0) is 58.1 Å². The molecule has 10 N–H and O–H groups in total. The maximum absolute atomic E-state index is 12.8. The van der Waals surface area contributed by atoms with E-state index in [1.807, 2.05) is 0 Å². The molecule has 0 bridgehead atoms. The second-order valence-corrected chi connectivity index (χ2v) is 8.51. The molecule has 3 amide bonds. The molecule has 186 valence electrons. The molecule has 13 heteroatoms. The lowest BCUT2D eigenvalue weighted by atomic mass is 10.1. The standard InChI is InChI=1S/C19H37N5O7S/c1-10(25)14(21)17(28)22-12(7-9-32-3)16(27)24-15(11(2)26)18(29)23-13(19(30)31)6-4-5-8-20/h10-15,25-26H,4-9,20-21H2,1-3H3,(H,22,28)(H,23,29)(H,24,27)(H,30,31). The molecule has 6 unspecified atom stereocenters. The first-order valence-corrected chi connectivity index (χ1v) is 11.8. The molecule has 32 heavy (non-hydrogen) atoms. The lowest BCUT2D eigenvalue weighted by Crippen LogP contribution is -2.60. The van der Waals surface area contributed by atoms with E-state index < -0.39 is 60.1 Å². The number of hydrogen-bond acceptors (Lipinski definition) is 9. The highest BCUT2D eigenvalue weighted by molar-refractivity contribution is 7.98. The van der Waals surface area contributed by atoms with Crippen molar-refractivity contribution >= 4 is 35.5 Å². The van der Waals surface area contributed by atoms with Gasteiger partial charge in [-0.1, -0.05) is 0 Å². The zero-order valence-corrected chi connectivity index (χ0v) is 19.6. The van der Waals surface area contributed by atoms with Gasteiger partial charge in [-0.3, -0.25) is 14.4 Å². The minimum Gasteiger partial charge on any atom is -0.480 e. The normalized spacial score (nSPS) is 16.7. The number of carboxylic acids is 1. The van der Waals surface area contributed by atoms with Crippen molar-refractivity contribution in [2.24, 2.45) is 11.5 Å². The molecule has 6 atom stereocenters. The number of nitrogens with two attached hydrogens (primary N) is 2. The zero-order valence-electron chi connectivity index (χ0n) is 18.7. The van der Waals surface area contributed by atoms with Gasteiger partial charge in [0.25, 0.3) is 0 Å². The van der Waals surface area contributed by atoms with Crippen molar-refractivity contribution < 1.29 is 34.5 Å². The number of thioether (sulfide) groups is 1. The zero-order chi connectivity index (χ0) is 24.8. The van der Waals surface area contributed by atoms with E-state index in [4.69, 9.17) is 11.5 Å². The number of hydrogen-bond donors (Lipinski definition) is 8. The van der Waals surface area contributed by atoms with E-state index in [9.17, 15) is 34.5 Å². The molecule has 0 saturated carbocycles. The molecule has 0 aliphatic carbocycles. The summed E-state index contributed by atoms with van der Waals surface area (Å²) in [5, 5.41) is 36.0. The average Bonchev–Trinajstić information content (AvgIpc) is 2.72. The minimum atomic E-state index is -1.45. The average molecular weight is 480 g/mol. The summed E-state index contributed by atoms with van der Waals surface area (Å²) in [6, 6.07) is -4.98. The number of unbranched alkanes of at least 4 members (excludes halogenated alkanes) is 1. The Morgan fingerprint density at radius 2 is 1.47 bits per heavy atom. The highest BCUT2D eigenvalue weighted by Gasteiger charge is 2.32. The van der Waals surface area contributed by atoms with Crippen LogP contribution in [-0.4, -0.2) is 93.9 Å². The summed E-state index contributed by atoms with van der Waals surface area (Å²) in [6.45, 7) is 2.99. The first-order chi connectivity index (χ1) is 15.0. The molecular weight excluding hydrogens is 442 g/mol. The fourth-order valence-corrected chi connectivity index (χ4v) is 3.13. The Labute approximate surface area is 192 Å². The summed E-state index contributed by atoms with van der Waals surface area (Å²) in [7, 11) is 0. The van der Waals surface area contributed by atoms with Crippen molar-refractivity contribution in [1.29, 1.82) is 0 Å². The third-order valence-electron chi connectivity index (χ3n) is 4.69. The van der Waals surface area contributed by atoms with E-state index in [0.717, 1.165) is 0 Å². The number of aliphatic carboxylic acids is 1. The third kappa shape index (κ3) is 11.1. The Kier molecular flexibility index (Phi) is 14.9. The van der Waals surface area contributed by atoms with E-state index >= 15 is 0 Å². The molecule has 0 aliphatic heterocycles. The van der Waals surface area contributed by atoms with Crippen LogP contribution in [0.2, 0.25) is 0 Å². The van der Waals surface area contributed by atoms with Crippen LogP contribution in [0.3, 0.4) is 0 Å². The second kappa shape index (κ2) is 15.8. The van der Waals surface area contributed by atoms with Crippen molar-refractivity contribution in [2.75, 3.05) is 18.6 Å². The van der Waals surface area contributed by atoms with Crippen LogP contribution < -0.4 is 27.4 Å². The van der Waals surface area contributed by atoms with Crippen LogP contribution >= 0.6 is 11.8 Å². The largest absolute Gasteiger partial charge is 0.480 e. The SMILES string of the molecule is CSCCC(NC(=O)C(N)C(C)O)C(=O)NC(C(=O)NC(CCCCN)C(=O)O)C(C)O. The topological polar surface area (TPSA) is 217 Å². The highest BCUT2D eigenvalue weighted by Crippen LogP contribution is 2.06. The monoisotopic (exact) mass is 479 g/mol. The van der Waals surface area contributed by atoms with Crippen LogP contribution in [0.4, 0.5) is 0 Å². The summed E-state index contributed by atoms with van der Waals surface area (Å²) in [5.41, 5.74) is 11.0.